The molecule has 128 valence electrons. The number of carboxylic acid groups (broad SMARTS) is 1. The van der Waals surface area contributed by atoms with Crippen molar-refractivity contribution >= 4 is 11.6 Å². The van der Waals surface area contributed by atoms with Crippen LogP contribution in [0.4, 0.5) is 0 Å². The van der Waals surface area contributed by atoms with Crippen molar-refractivity contribution in [2.75, 3.05) is 39.4 Å². The van der Waals surface area contributed by atoms with Gasteiger partial charge in [-0.05, 0) is 0 Å². The molecule has 4 rings (SSSR count). The van der Waals surface area contributed by atoms with Gasteiger partial charge in [-0.2, -0.15) is 0 Å². The topological polar surface area (TPSA) is 83.2 Å². The Kier molecular flexibility index (Phi) is 3.95. The molecule has 0 aromatic carbocycles. The van der Waals surface area contributed by atoms with Crippen molar-refractivity contribution in [3.05, 3.63) is 30.5 Å². The molecule has 0 spiro atoms. The molecule has 2 fully saturated rings. The van der Waals surface area contributed by atoms with Gasteiger partial charge in [0, 0.05) is 58.1 Å². The molecule has 2 aliphatic heterocycles. The third kappa shape index (κ3) is 2.56. The molecule has 2 saturated heterocycles. The fraction of sp³-hybridized carbons (Fsp3) is 0.562. The van der Waals surface area contributed by atoms with Crippen molar-refractivity contribution in [3.8, 4) is 0 Å². The van der Waals surface area contributed by atoms with Crippen LogP contribution in [0.1, 0.15) is 12.1 Å². The van der Waals surface area contributed by atoms with Crippen molar-refractivity contribution in [2.24, 2.45) is 0 Å². The molecule has 0 radical (unpaired) electrons. The van der Waals surface area contributed by atoms with Gasteiger partial charge in [-0.1, -0.05) is 0 Å². The highest BCUT2D eigenvalue weighted by Crippen LogP contribution is 2.28. The Morgan fingerprint density at radius 2 is 2.12 bits per heavy atom. The van der Waals surface area contributed by atoms with Crippen molar-refractivity contribution < 1.29 is 14.6 Å². The summed E-state index contributed by atoms with van der Waals surface area (Å²) in [5.74, 6) is -0.761. The van der Waals surface area contributed by atoms with Crippen LogP contribution in [0.15, 0.2) is 24.8 Å². The van der Waals surface area contributed by atoms with Gasteiger partial charge in [0.2, 0.25) is 0 Å². The summed E-state index contributed by atoms with van der Waals surface area (Å²) >= 11 is 0. The van der Waals surface area contributed by atoms with Gasteiger partial charge in [0.1, 0.15) is 5.54 Å². The quantitative estimate of drug-likeness (QED) is 0.850. The van der Waals surface area contributed by atoms with E-state index >= 15 is 0 Å². The zero-order valence-electron chi connectivity index (χ0n) is 13.5. The fourth-order valence-electron chi connectivity index (χ4n) is 3.68. The number of piperazine rings is 1. The monoisotopic (exact) mass is 331 g/mol. The summed E-state index contributed by atoms with van der Waals surface area (Å²) in [5, 5.41) is 9.65. The van der Waals surface area contributed by atoms with Crippen LogP contribution in [0.2, 0.25) is 0 Å². The molecule has 0 saturated carbocycles. The summed E-state index contributed by atoms with van der Waals surface area (Å²) < 4.78 is 7.43. The van der Waals surface area contributed by atoms with Crippen LogP contribution in [-0.4, -0.2) is 80.2 Å². The Hall–Kier alpha value is -2.03. The van der Waals surface area contributed by atoms with E-state index in [0.29, 0.717) is 19.6 Å². The molecule has 1 N–H and O–H groups in total. The van der Waals surface area contributed by atoms with Gasteiger partial charge in [-0.3, -0.25) is 24.0 Å². The van der Waals surface area contributed by atoms with Crippen LogP contribution < -0.4 is 0 Å². The van der Waals surface area contributed by atoms with Crippen LogP contribution in [0.3, 0.4) is 0 Å². The molecule has 8 heteroatoms. The molecule has 8 nitrogen and oxygen atoms in total. The average Bonchev–Trinajstić information content (AvgIpc) is 3.24. The minimum absolute atomic E-state index is 0.294. The fourth-order valence-corrected chi connectivity index (χ4v) is 3.68. The number of hydrogen-bond donors (Lipinski definition) is 1. The van der Waals surface area contributed by atoms with Crippen molar-refractivity contribution in [1.82, 2.24) is 24.2 Å². The first-order chi connectivity index (χ1) is 11.7. The summed E-state index contributed by atoms with van der Waals surface area (Å²) in [4.78, 5) is 24.6. The maximum Gasteiger partial charge on any atom is 0.326 e. The average molecular weight is 331 g/mol. The first kappa shape index (κ1) is 15.5. The summed E-state index contributed by atoms with van der Waals surface area (Å²) in [6.45, 7) is 4.79. The lowest BCUT2D eigenvalue weighted by molar-refractivity contribution is -0.153. The van der Waals surface area contributed by atoms with Gasteiger partial charge in [0.05, 0.1) is 24.7 Å². The molecule has 0 aliphatic carbocycles. The second kappa shape index (κ2) is 6.12. The minimum Gasteiger partial charge on any atom is -0.480 e. The van der Waals surface area contributed by atoms with Crippen molar-refractivity contribution in [3.63, 3.8) is 0 Å². The first-order valence-electron chi connectivity index (χ1n) is 8.23. The van der Waals surface area contributed by atoms with Gasteiger partial charge < -0.3 is 9.84 Å². The van der Waals surface area contributed by atoms with E-state index in [1.165, 1.54) is 0 Å². The number of carboxylic acids is 1. The normalized spacial score (nSPS) is 26.2. The Bertz CT molecular complexity index is 732. The molecule has 2 aromatic heterocycles. The highest BCUT2D eigenvalue weighted by atomic mass is 16.5. The Labute approximate surface area is 139 Å². The predicted octanol–water partition coefficient (Wildman–Crippen LogP) is 0.0906. The standard InChI is InChI=1S/C16H21N5O3/c22-15(23)16(1-8-24-12-16)20-6-4-19(5-7-20)11-13-9-18-14-10-17-2-3-21(13)14/h2-3,9-10H,1,4-8,11-12H2,(H,22,23). The molecule has 1 atom stereocenters. The molecule has 0 bridgehead atoms. The van der Waals surface area contributed by atoms with E-state index in [1.807, 2.05) is 16.8 Å². The van der Waals surface area contributed by atoms with Gasteiger partial charge in [0.15, 0.2) is 5.65 Å². The maximum atomic E-state index is 11.8. The Balaban J connectivity index is 1.42. The molecule has 2 aromatic rings. The van der Waals surface area contributed by atoms with E-state index in [1.54, 1.807) is 12.4 Å². The van der Waals surface area contributed by atoms with E-state index in [-0.39, 0.29) is 0 Å². The van der Waals surface area contributed by atoms with Gasteiger partial charge >= 0.3 is 5.97 Å². The lowest BCUT2D eigenvalue weighted by atomic mass is 9.95. The number of imidazole rings is 1. The Morgan fingerprint density at radius 1 is 1.29 bits per heavy atom. The molecule has 2 aliphatic rings. The molecular formula is C16H21N5O3. The molecule has 24 heavy (non-hydrogen) atoms. The summed E-state index contributed by atoms with van der Waals surface area (Å²) in [6, 6.07) is 0. The zero-order chi connectivity index (χ0) is 16.6. The van der Waals surface area contributed by atoms with Crippen LogP contribution in [0.25, 0.3) is 5.65 Å². The number of aromatic nitrogens is 3. The van der Waals surface area contributed by atoms with Crippen LogP contribution in [-0.2, 0) is 16.1 Å². The predicted molar refractivity (Wildman–Crippen MR) is 85.6 cm³/mol. The number of ether oxygens (including phenoxy) is 1. The smallest absolute Gasteiger partial charge is 0.326 e. The van der Waals surface area contributed by atoms with E-state index in [2.05, 4.69) is 19.8 Å². The molecular weight excluding hydrogens is 310 g/mol. The summed E-state index contributed by atoms with van der Waals surface area (Å²) in [5.41, 5.74) is 1.14. The van der Waals surface area contributed by atoms with Crippen LogP contribution >= 0.6 is 0 Å². The lowest BCUT2D eigenvalue weighted by Gasteiger charge is -2.42. The molecule has 1 unspecified atom stereocenters. The highest BCUT2D eigenvalue weighted by molar-refractivity contribution is 5.79. The van der Waals surface area contributed by atoms with E-state index < -0.39 is 11.5 Å². The van der Waals surface area contributed by atoms with Gasteiger partial charge in [0.25, 0.3) is 0 Å². The highest BCUT2D eigenvalue weighted by Gasteiger charge is 2.48. The second-order valence-corrected chi connectivity index (χ2v) is 6.46. The van der Waals surface area contributed by atoms with Crippen LogP contribution in [0, 0.1) is 0 Å². The lowest BCUT2D eigenvalue weighted by Crippen LogP contribution is -2.61. The summed E-state index contributed by atoms with van der Waals surface area (Å²) in [6.07, 6.45) is 7.88. The van der Waals surface area contributed by atoms with E-state index in [4.69, 9.17) is 4.74 Å². The number of nitrogens with zero attached hydrogens (tertiary/aromatic N) is 5. The van der Waals surface area contributed by atoms with Crippen molar-refractivity contribution in [1.29, 1.82) is 0 Å². The van der Waals surface area contributed by atoms with E-state index in [0.717, 1.165) is 44.1 Å². The second-order valence-electron chi connectivity index (χ2n) is 6.46. The van der Waals surface area contributed by atoms with Gasteiger partial charge in [-0.25, -0.2) is 4.98 Å². The first-order valence-corrected chi connectivity index (χ1v) is 8.23. The largest absolute Gasteiger partial charge is 0.480 e. The minimum atomic E-state index is -0.832. The van der Waals surface area contributed by atoms with Gasteiger partial charge in [-0.15, -0.1) is 0 Å². The third-order valence-electron chi connectivity index (χ3n) is 5.16. The number of hydrogen-bond acceptors (Lipinski definition) is 6. The Morgan fingerprint density at radius 3 is 2.83 bits per heavy atom. The van der Waals surface area contributed by atoms with Crippen molar-refractivity contribution in [2.45, 2.75) is 18.5 Å². The third-order valence-corrected chi connectivity index (χ3v) is 5.16. The molecule has 0 amide bonds. The summed E-state index contributed by atoms with van der Waals surface area (Å²) in [7, 11) is 0. The maximum absolute atomic E-state index is 11.8. The van der Waals surface area contributed by atoms with E-state index in [9.17, 15) is 9.90 Å². The number of rotatable bonds is 4. The molecule has 4 heterocycles. The number of aliphatic carboxylic acids is 1. The number of fused-ring (bicyclic) bond motifs is 1. The zero-order valence-corrected chi connectivity index (χ0v) is 13.5. The number of carbonyl (C=O) groups is 1. The SMILES string of the molecule is O=C(O)C1(N2CCN(Cc3cnc4cnccn34)CC2)CCOC1. The van der Waals surface area contributed by atoms with Crippen LogP contribution in [0.5, 0.6) is 0 Å².